The third kappa shape index (κ3) is 3.26. The van der Waals surface area contributed by atoms with Gasteiger partial charge in [-0.1, -0.05) is 17.7 Å². The molecule has 3 heterocycles. The minimum absolute atomic E-state index is 0.172. The molecule has 2 aliphatic heterocycles. The van der Waals surface area contributed by atoms with Crippen molar-refractivity contribution >= 4 is 33.0 Å². The van der Waals surface area contributed by atoms with Crippen molar-refractivity contribution in [2.75, 3.05) is 20.3 Å². The van der Waals surface area contributed by atoms with Crippen LogP contribution in [0.1, 0.15) is 16.0 Å². The van der Waals surface area contributed by atoms with Crippen molar-refractivity contribution in [3.8, 4) is 5.75 Å². The molecule has 2 aromatic carbocycles. The van der Waals surface area contributed by atoms with Gasteiger partial charge in [0.25, 0.3) is 0 Å². The Balaban J connectivity index is 1.50. The van der Waals surface area contributed by atoms with Gasteiger partial charge in [-0.15, -0.1) is 11.3 Å². The second-order valence-corrected chi connectivity index (χ2v) is 9.84. The van der Waals surface area contributed by atoms with Crippen LogP contribution in [0, 0.1) is 0 Å². The quantitative estimate of drug-likeness (QED) is 0.445. The predicted octanol–water partition coefficient (Wildman–Crippen LogP) is 2.18. The van der Waals surface area contributed by atoms with Gasteiger partial charge in [0.15, 0.2) is 0 Å². The average Bonchev–Trinajstić information content (AvgIpc) is 3.39. The van der Waals surface area contributed by atoms with Gasteiger partial charge in [0.2, 0.25) is 5.79 Å². The van der Waals surface area contributed by atoms with Crippen molar-refractivity contribution in [1.29, 1.82) is 0 Å². The Morgan fingerprint density at radius 3 is 2.69 bits per heavy atom. The number of halogens is 1. The molecule has 2 fully saturated rings. The number of aliphatic hydroxyl groups excluding tert-OH is 4. The molecular weight excluding hydrogens is 456 g/mol. The predicted molar refractivity (Wildman–Crippen MR) is 119 cm³/mol. The maximum Gasteiger partial charge on any atom is 0.225 e. The third-order valence-corrected chi connectivity index (χ3v) is 7.79. The first kappa shape index (κ1) is 22.1. The number of hydrogen-bond acceptors (Lipinski definition) is 8. The van der Waals surface area contributed by atoms with Crippen molar-refractivity contribution in [3.05, 3.63) is 63.5 Å². The summed E-state index contributed by atoms with van der Waals surface area (Å²) in [6.07, 6.45) is -4.04. The van der Waals surface area contributed by atoms with E-state index in [4.69, 9.17) is 25.8 Å². The van der Waals surface area contributed by atoms with Gasteiger partial charge < -0.3 is 34.6 Å². The summed E-state index contributed by atoms with van der Waals surface area (Å²) in [7, 11) is 1.63. The van der Waals surface area contributed by atoms with Gasteiger partial charge in [0.05, 0.1) is 20.3 Å². The monoisotopic (exact) mass is 478 g/mol. The lowest BCUT2D eigenvalue weighted by molar-refractivity contribution is -0.329. The molecule has 5 rings (SSSR count). The summed E-state index contributed by atoms with van der Waals surface area (Å²) in [4.78, 5) is 1.09. The summed E-state index contributed by atoms with van der Waals surface area (Å²) in [5, 5.41) is 43.0. The van der Waals surface area contributed by atoms with Crippen molar-refractivity contribution in [2.45, 2.75) is 36.1 Å². The van der Waals surface area contributed by atoms with Crippen LogP contribution in [0.2, 0.25) is 5.02 Å². The highest BCUT2D eigenvalue weighted by atomic mass is 35.5. The van der Waals surface area contributed by atoms with Crippen LogP contribution in [-0.2, 0) is 21.7 Å². The van der Waals surface area contributed by atoms with Crippen LogP contribution in [0.5, 0.6) is 5.75 Å². The lowest BCUT2D eigenvalue weighted by Crippen LogP contribution is -2.65. The summed E-state index contributed by atoms with van der Waals surface area (Å²) in [5.74, 6) is -0.922. The molecule has 32 heavy (non-hydrogen) atoms. The molecule has 3 aromatic rings. The van der Waals surface area contributed by atoms with Gasteiger partial charge in [-0.3, -0.25) is 0 Å². The lowest BCUT2D eigenvalue weighted by atomic mass is 9.83. The molecule has 9 heteroatoms. The first-order valence-electron chi connectivity index (χ1n) is 10.2. The minimum atomic E-state index is -1.71. The van der Waals surface area contributed by atoms with E-state index in [1.807, 2.05) is 18.2 Å². The fourth-order valence-corrected chi connectivity index (χ4v) is 5.77. The highest BCUT2D eigenvalue weighted by molar-refractivity contribution is 7.19. The van der Waals surface area contributed by atoms with Gasteiger partial charge in [0.1, 0.15) is 29.7 Å². The van der Waals surface area contributed by atoms with Crippen molar-refractivity contribution < 1.29 is 34.6 Å². The van der Waals surface area contributed by atoms with Crippen LogP contribution < -0.4 is 4.74 Å². The Morgan fingerprint density at radius 1 is 1.12 bits per heavy atom. The van der Waals surface area contributed by atoms with Gasteiger partial charge in [-0.25, -0.2) is 0 Å². The number of aliphatic hydroxyl groups is 4. The van der Waals surface area contributed by atoms with E-state index in [1.54, 1.807) is 36.6 Å². The van der Waals surface area contributed by atoms with E-state index in [0.29, 0.717) is 17.0 Å². The molecule has 0 aliphatic carbocycles. The average molecular weight is 479 g/mol. The lowest BCUT2D eigenvalue weighted by Gasteiger charge is -2.46. The summed E-state index contributed by atoms with van der Waals surface area (Å²) >= 11 is 8.12. The van der Waals surface area contributed by atoms with E-state index in [-0.39, 0.29) is 6.61 Å². The Hall–Kier alpha value is -1.75. The molecule has 0 amide bonds. The Bertz CT molecular complexity index is 1170. The van der Waals surface area contributed by atoms with Crippen LogP contribution in [-0.4, -0.2) is 64.7 Å². The number of thiophene rings is 1. The molecule has 170 valence electrons. The maximum atomic E-state index is 10.8. The molecule has 7 nitrogen and oxygen atoms in total. The fourth-order valence-electron chi connectivity index (χ4n) is 4.47. The van der Waals surface area contributed by atoms with Gasteiger partial charge in [-0.2, -0.15) is 0 Å². The first-order chi connectivity index (χ1) is 15.3. The standard InChI is InChI=1S/C23H23ClO7S/c1-29-15-4-2-12-7-16(32-18(12)9-15)8-13-6-14(3-5-17(13)24)23-21(28)19(26)20(27)22(10-25,31-23)11-30-23/h2-7,9,19-21,25-28H,8,10-11H2,1H3/t19-,20-,21+,22-,23-/m0/s1. The van der Waals surface area contributed by atoms with Crippen LogP contribution in [0.4, 0.5) is 0 Å². The van der Waals surface area contributed by atoms with Crippen LogP contribution in [0.25, 0.3) is 10.1 Å². The number of hydrogen-bond donors (Lipinski definition) is 4. The Morgan fingerprint density at radius 2 is 1.94 bits per heavy atom. The summed E-state index contributed by atoms with van der Waals surface area (Å²) in [6.45, 7) is -0.736. The summed E-state index contributed by atoms with van der Waals surface area (Å²) in [6, 6.07) is 13.1. The second kappa shape index (κ2) is 7.93. The number of rotatable bonds is 5. The fraction of sp³-hybridized carbons (Fsp3) is 0.391. The normalized spacial score (nSPS) is 31.9. The zero-order valence-corrected chi connectivity index (χ0v) is 18.8. The van der Waals surface area contributed by atoms with E-state index < -0.39 is 36.3 Å². The van der Waals surface area contributed by atoms with E-state index in [9.17, 15) is 20.4 Å². The van der Waals surface area contributed by atoms with E-state index in [2.05, 4.69) is 6.07 Å². The van der Waals surface area contributed by atoms with Crippen LogP contribution >= 0.6 is 22.9 Å². The highest BCUT2D eigenvalue weighted by Crippen LogP contribution is 2.50. The van der Waals surface area contributed by atoms with Gasteiger partial charge >= 0.3 is 0 Å². The molecule has 0 radical (unpaired) electrons. The molecular formula is C23H23ClO7S. The SMILES string of the molecule is COc1ccc2cc(Cc3cc([C@]45OC[C@](CO)(O4)[C@@H](O)[C@H](O)[C@H]5O)ccc3Cl)sc2c1. The summed E-state index contributed by atoms with van der Waals surface area (Å²) < 4.78 is 18.1. The van der Waals surface area contributed by atoms with Crippen molar-refractivity contribution in [3.63, 3.8) is 0 Å². The topological polar surface area (TPSA) is 109 Å². The molecule has 5 atom stereocenters. The second-order valence-electron chi connectivity index (χ2n) is 8.26. The maximum absolute atomic E-state index is 10.8. The largest absolute Gasteiger partial charge is 0.497 e. The Labute approximate surface area is 193 Å². The number of methoxy groups -OCH3 is 1. The van der Waals surface area contributed by atoms with Crippen LogP contribution in [0.15, 0.2) is 42.5 Å². The zero-order chi connectivity index (χ0) is 22.7. The molecule has 2 aliphatic rings. The van der Waals surface area contributed by atoms with Crippen LogP contribution in [0.3, 0.4) is 0 Å². The van der Waals surface area contributed by atoms with E-state index in [0.717, 1.165) is 26.3 Å². The molecule has 0 spiro atoms. The molecule has 2 bridgehead atoms. The van der Waals surface area contributed by atoms with Crippen molar-refractivity contribution in [1.82, 2.24) is 0 Å². The molecule has 1 aromatic heterocycles. The third-order valence-electron chi connectivity index (χ3n) is 6.32. The Kier molecular flexibility index (Phi) is 5.47. The first-order valence-corrected chi connectivity index (χ1v) is 11.4. The number of fused-ring (bicyclic) bond motifs is 3. The van der Waals surface area contributed by atoms with E-state index in [1.165, 1.54) is 0 Å². The van der Waals surface area contributed by atoms with Crippen molar-refractivity contribution in [2.24, 2.45) is 0 Å². The molecule has 4 N–H and O–H groups in total. The molecule has 2 saturated heterocycles. The molecule has 0 unspecified atom stereocenters. The minimum Gasteiger partial charge on any atom is -0.497 e. The molecule has 0 saturated carbocycles. The zero-order valence-electron chi connectivity index (χ0n) is 17.2. The summed E-state index contributed by atoms with van der Waals surface area (Å²) in [5.41, 5.74) is -0.268. The van der Waals surface area contributed by atoms with Gasteiger partial charge in [-0.05, 0) is 47.3 Å². The highest BCUT2D eigenvalue weighted by Gasteiger charge is 2.67. The van der Waals surface area contributed by atoms with E-state index >= 15 is 0 Å². The number of ether oxygens (including phenoxy) is 3. The smallest absolute Gasteiger partial charge is 0.225 e. The number of benzene rings is 2. The van der Waals surface area contributed by atoms with Gasteiger partial charge in [0, 0.05) is 26.6 Å².